The number of carbonyl (C=O) groups excluding carboxylic acids is 1. The number of ether oxygens (including phenoxy) is 2. The number of aliphatic hydroxyl groups excluding tert-OH is 2. The van der Waals surface area contributed by atoms with Crippen molar-refractivity contribution >= 4 is 39.7 Å². The third-order valence-electron chi connectivity index (χ3n) is 5.72. The first-order valence-corrected chi connectivity index (χ1v) is 25.7. The summed E-state index contributed by atoms with van der Waals surface area (Å²) in [4.78, 5) is 13.7. The van der Waals surface area contributed by atoms with Crippen LogP contribution in [0.2, 0.25) is 64.5 Å². The van der Waals surface area contributed by atoms with Gasteiger partial charge in [-0.05, 0) is 83.4 Å². The van der Waals surface area contributed by atoms with Crippen LogP contribution in [0.1, 0.15) is 12.8 Å². The number of rotatable bonds is 23. The fraction of sp³-hybridized carbons (Fsp3) is 0.880. The molecule has 0 aromatic carbocycles. The van der Waals surface area contributed by atoms with Crippen molar-refractivity contribution in [2.75, 3.05) is 53.7 Å². The first-order chi connectivity index (χ1) is 17.9. The van der Waals surface area contributed by atoms with Crippen LogP contribution in [0.5, 0.6) is 0 Å². The van der Waals surface area contributed by atoms with E-state index in [0.29, 0.717) is 13.2 Å². The highest BCUT2D eigenvalue weighted by molar-refractivity contribution is 6.87. The molecule has 1 amide bonds. The lowest BCUT2D eigenvalue weighted by molar-refractivity contribution is -0.130. The molecule has 0 radical (unpaired) electrons. The minimum absolute atomic E-state index is 0.0243. The second kappa shape index (κ2) is 18.3. The van der Waals surface area contributed by atoms with E-state index in [2.05, 4.69) is 52.4 Å². The van der Waals surface area contributed by atoms with Gasteiger partial charge in [0, 0.05) is 40.5 Å². The Morgan fingerprint density at radius 1 is 0.769 bits per heavy atom. The summed E-state index contributed by atoms with van der Waals surface area (Å²) in [6.07, 6.45) is 0.902. The Bertz CT molecular complexity index is 684. The van der Waals surface area contributed by atoms with Gasteiger partial charge >= 0.3 is 17.1 Å². The van der Waals surface area contributed by atoms with Gasteiger partial charge in [0.05, 0.1) is 25.4 Å². The first-order valence-electron chi connectivity index (χ1n) is 13.8. The molecule has 14 heteroatoms. The van der Waals surface area contributed by atoms with Crippen molar-refractivity contribution in [1.29, 1.82) is 0 Å². The quantitative estimate of drug-likeness (QED) is 0.0994. The van der Waals surface area contributed by atoms with Crippen LogP contribution in [0.25, 0.3) is 0 Å². The van der Waals surface area contributed by atoms with E-state index in [1.807, 2.05) is 6.55 Å². The lowest BCUT2D eigenvalue weighted by atomic mass is 10.2. The summed E-state index contributed by atoms with van der Waals surface area (Å²) in [5.41, 5.74) is 0. The molecule has 0 rings (SSSR count). The lowest BCUT2D eigenvalue weighted by Crippen LogP contribution is -2.52. The Hall–Kier alpha value is -0.242. The molecule has 232 valence electrons. The molecule has 0 saturated heterocycles. The monoisotopic (exact) mass is 627 g/mol. The van der Waals surface area contributed by atoms with Gasteiger partial charge in [0.25, 0.3) is 0 Å². The van der Waals surface area contributed by atoms with E-state index in [1.54, 1.807) is 14.2 Å². The van der Waals surface area contributed by atoms with E-state index < -0.39 is 46.0 Å². The van der Waals surface area contributed by atoms with E-state index in [4.69, 9.17) is 26.6 Å². The second-order valence-electron chi connectivity index (χ2n) is 12.2. The highest BCUT2D eigenvalue weighted by Crippen LogP contribution is 2.25. The molecule has 0 spiro atoms. The molecular formula is C25H57NO9Si4. The third kappa shape index (κ3) is 19.5. The molecule has 39 heavy (non-hydrogen) atoms. The molecule has 0 aliphatic carbocycles. The van der Waals surface area contributed by atoms with Gasteiger partial charge in [-0.15, -0.1) is 0 Å². The third-order valence-corrected chi connectivity index (χ3v) is 18.3. The number of carbonyl (C=O) groups is 1. The largest absolute Gasteiger partial charge is 0.437 e. The zero-order chi connectivity index (χ0) is 30.3. The summed E-state index contributed by atoms with van der Waals surface area (Å²) in [7, 11) is -4.67. The molecule has 0 saturated carbocycles. The Morgan fingerprint density at radius 3 is 1.49 bits per heavy atom. The number of hydrogen-bond acceptors (Lipinski definition) is 9. The zero-order valence-electron chi connectivity index (χ0n) is 26.2. The molecule has 0 heterocycles. The molecule has 0 aliphatic rings. The summed E-state index contributed by atoms with van der Waals surface area (Å²) in [5.74, 6) is -0.371. The van der Waals surface area contributed by atoms with Gasteiger partial charge in [-0.3, -0.25) is 4.79 Å². The SMILES string of the molecule is C=CC(=O)N(CC(O)COCCC[Si](C)(OC)OC)CC(O)COCCC[Si](C)(O[Si](C)(C)C)O[Si](C)(C)C. The summed E-state index contributed by atoms with van der Waals surface area (Å²) < 4.78 is 35.2. The second-order valence-corrected chi connectivity index (χ2v) is 28.7. The fourth-order valence-corrected chi connectivity index (χ4v) is 18.0. The Kier molecular flexibility index (Phi) is 18.2. The average Bonchev–Trinajstić information content (AvgIpc) is 2.79. The summed E-state index contributed by atoms with van der Waals surface area (Å²) >= 11 is 0. The highest BCUT2D eigenvalue weighted by atomic mass is 28.5. The lowest BCUT2D eigenvalue weighted by Gasteiger charge is -2.38. The van der Waals surface area contributed by atoms with Gasteiger partial charge in [-0.25, -0.2) is 0 Å². The molecule has 0 aromatic rings. The molecule has 0 bridgehead atoms. The van der Waals surface area contributed by atoms with Crippen LogP contribution in [0, 0.1) is 0 Å². The molecule has 10 nitrogen and oxygen atoms in total. The van der Waals surface area contributed by atoms with E-state index in [9.17, 15) is 15.0 Å². The van der Waals surface area contributed by atoms with Gasteiger partial charge in [0.1, 0.15) is 0 Å². The minimum Gasteiger partial charge on any atom is -0.437 e. The van der Waals surface area contributed by atoms with Crippen molar-refractivity contribution < 1.29 is 41.6 Å². The normalized spacial score (nSPS) is 14.8. The Labute approximate surface area is 241 Å². The summed E-state index contributed by atoms with van der Waals surface area (Å²) in [6.45, 7) is 21.9. The molecular weight excluding hydrogens is 571 g/mol. The molecule has 2 atom stereocenters. The van der Waals surface area contributed by atoms with Crippen LogP contribution < -0.4 is 0 Å². The number of hydrogen-bond donors (Lipinski definition) is 2. The average molecular weight is 628 g/mol. The zero-order valence-corrected chi connectivity index (χ0v) is 30.2. The van der Waals surface area contributed by atoms with Crippen molar-refractivity contribution in [3.63, 3.8) is 0 Å². The van der Waals surface area contributed by atoms with E-state index in [1.165, 1.54) is 11.0 Å². The van der Waals surface area contributed by atoms with E-state index in [0.717, 1.165) is 24.9 Å². The van der Waals surface area contributed by atoms with Gasteiger partial charge in [-0.2, -0.15) is 0 Å². The van der Waals surface area contributed by atoms with Gasteiger partial charge in [-0.1, -0.05) is 6.58 Å². The van der Waals surface area contributed by atoms with Crippen LogP contribution in [-0.2, 0) is 31.4 Å². The van der Waals surface area contributed by atoms with Gasteiger partial charge < -0.3 is 41.7 Å². The maximum atomic E-state index is 12.3. The molecule has 0 aliphatic heterocycles. The van der Waals surface area contributed by atoms with Crippen molar-refractivity contribution in [2.45, 2.75) is 89.5 Å². The number of aliphatic hydroxyl groups is 2. The standard InChI is InChI=1S/C25H57NO9Si4/c1-12-25(29)26(19-23(27)21-32-15-13-17-38(10,30-2)31-3)20-24(28)22-33-16-14-18-39(11,34-36(4,5)6)35-37(7,8)9/h12,23-24,27-28H,1,13-22H2,2-11H3. The highest BCUT2D eigenvalue weighted by Gasteiger charge is 2.39. The van der Waals surface area contributed by atoms with Crippen molar-refractivity contribution in [3.8, 4) is 0 Å². The molecule has 0 fully saturated rings. The maximum Gasteiger partial charge on any atom is 0.334 e. The Balaban J connectivity index is 4.57. The Morgan fingerprint density at radius 2 is 1.15 bits per heavy atom. The first kappa shape index (κ1) is 38.8. The molecule has 2 N–H and O–H groups in total. The predicted octanol–water partition coefficient (Wildman–Crippen LogP) is 3.68. The van der Waals surface area contributed by atoms with Crippen molar-refractivity contribution in [2.24, 2.45) is 0 Å². The molecule has 2 unspecified atom stereocenters. The molecule has 0 aromatic heterocycles. The smallest absolute Gasteiger partial charge is 0.334 e. The van der Waals surface area contributed by atoms with Crippen LogP contribution in [0.3, 0.4) is 0 Å². The van der Waals surface area contributed by atoms with Crippen LogP contribution in [0.4, 0.5) is 0 Å². The number of nitrogens with zero attached hydrogens (tertiary/aromatic N) is 1. The minimum atomic E-state index is -2.33. The summed E-state index contributed by atoms with van der Waals surface area (Å²) in [5, 5.41) is 20.9. The van der Waals surface area contributed by atoms with Crippen molar-refractivity contribution in [3.05, 3.63) is 12.7 Å². The van der Waals surface area contributed by atoms with Gasteiger partial charge in [0.2, 0.25) is 5.91 Å². The van der Waals surface area contributed by atoms with E-state index >= 15 is 0 Å². The van der Waals surface area contributed by atoms with Gasteiger partial charge in [0.15, 0.2) is 16.6 Å². The van der Waals surface area contributed by atoms with E-state index in [-0.39, 0.29) is 32.2 Å². The van der Waals surface area contributed by atoms with Crippen LogP contribution in [0.15, 0.2) is 12.7 Å². The fourth-order valence-electron chi connectivity index (χ4n) is 4.13. The predicted molar refractivity (Wildman–Crippen MR) is 165 cm³/mol. The maximum absolute atomic E-state index is 12.3. The summed E-state index contributed by atoms with van der Waals surface area (Å²) in [6, 6.07) is 1.60. The topological polar surface area (TPSA) is 116 Å². The number of amides is 1. The van der Waals surface area contributed by atoms with Crippen LogP contribution in [-0.4, -0.2) is 121 Å². The van der Waals surface area contributed by atoms with Crippen LogP contribution >= 0.6 is 0 Å². The van der Waals surface area contributed by atoms with Crippen molar-refractivity contribution in [1.82, 2.24) is 4.90 Å².